The Hall–Kier alpha value is -0.901. The maximum Gasteiger partial charge on any atom is 2.00 e. The zero-order chi connectivity index (χ0) is 15.2. The van der Waals surface area contributed by atoms with E-state index in [1.165, 1.54) is 0 Å². The Kier molecular flexibility index (Phi) is 21.5. The summed E-state index contributed by atoms with van der Waals surface area (Å²) in [4.78, 5) is 10.6. The standard InChI is InChI=1S/C7H16NS.C6H4N3.C2H6.CH3.Be/c1-3-7(9)5-6-8-4-2;1-2-5-6(7-3-1)9-4-8-5;1-2;;/h7,9H,3-6H2,1-2H3;1-3H,(H,7,8,9);1-2H3;1H3;/q2*-1;;-1;+2. The first-order valence-corrected chi connectivity index (χ1v) is 7.77. The molecule has 0 bridgehead atoms. The van der Waals surface area contributed by atoms with Crippen LogP contribution < -0.4 is 0 Å². The van der Waals surface area contributed by atoms with E-state index in [0.717, 1.165) is 37.1 Å². The second kappa shape index (κ2) is 18.1. The van der Waals surface area contributed by atoms with Gasteiger partial charge in [0.05, 0.1) is 0 Å². The topological polar surface area (TPSA) is 55.7 Å². The fourth-order valence-electron chi connectivity index (χ4n) is 1.33. The molecule has 0 aliphatic rings. The minimum Gasteiger partial charge on any atom is -0.662 e. The van der Waals surface area contributed by atoms with Crippen LogP contribution in [0.4, 0.5) is 0 Å². The van der Waals surface area contributed by atoms with Crippen LogP contribution in [0.1, 0.15) is 40.5 Å². The molecule has 6 heteroatoms. The third-order valence-corrected chi connectivity index (χ3v) is 3.08. The molecule has 0 saturated carbocycles. The number of rotatable bonds is 5. The molecule has 0 aromatic carbocycles. The van der Waals surface area contributed by atoms with Gasteiger partial charge in [-0.1, -0.05) is 51.8 Å². The van der Waals surface area contributed by atoms with Crippen molar-refractivity contribution in [3.63, 3.8) is 0 Å². The van der Waals surface area contributed by atoms with Crippen LogP contribution in [-0.2, 0) is 0 Å². The number of hydrogen-bond acceptors (Lipinski definition) is 3. The molecular weight excluding hydrogens is 289 g/mol. The fraction of sp³-hybridized carbons (Fsp3) is 0.562. The van der Waals surface area contributed by atoms with Gasteiger partial charge in [-0.05, 0) is 18.0 Å². The fourth-order valence-corrected chi connectivity index (χ4v) is 1.44. The van der Waals surface area contributed by atoms with Gasteiger partial charge < -0.3 is 27.7 Å². The van der Waals surface area contributed by atoms with Gasteiger partial charge in [0.25, 0.3) is 0 Å². The van der Waals surface area contributed by atoms with Gasteiger partial charge in [0.2, 0.25) is 0 Å². The largest absolute Gasteiger partial charge is 2.00 e. The molecule has 0 spiro atoms. The van der Waals surface area contributed by atoms with Crippen LogP contribution in [0.5, 0.6) is 0 Å². The van der Waals surface area contributed by atoms with E-state index >= 15 is 0 Å². The normalized spacial score (nSPS) is 10.0. The minimum absolute atomic E-state index is 0. The molecule has 2 aromatic heterocycles. The van der Waals surface area contributed by atoms with Gasteiger partial charge in [0.1, 0.15) is 0 Å². The van der Waals surface area contributed by atoms with E-state index in [2.05, 4.69) is 53.1 Å². The summed E-state index contributed by atoms with van der Waals surface area (Å²) in [6.45, 7) is 10.2. The predicted octanol–water partition coefficient (Wildman–Crippen LogP) is 4.33. The van der Waals surface area contributed by atoms with E-state index in [9.17, 15) is 0 Å². The van der Waals surface area contributed by atoms with Gasteiger partial charge in [-0.2, -0.15) is 19.2 Å². The second-order valence-corrected chi connectivity index (χ2v) is 4.56. The molecule has 1 atom stereocenters. The summed E-state index contributed by atoms with van der Waals surface area (Å²) in [5.41, 5.74) is 1.65. The molecule has 0 saturated heterocycles. The van der Waals surface area contributed by atoms with E-state index in [0.29, 0.717) is 5.25 Å². The third-order valence-electron chi connectivity index (χ3n) is 2.45. The van der Waals surface area contributed by atoms with E-state index in [4.69, 9.17) is 0 Å². The average molecular weight is 319 g/mol. The predicted molar refractivity (Wildman–Crippen MR) is 103 cm³/mol. The molecule has 0 aliphatic heterocycles. The van der Waals surface area contributed by atoms with Crippen LogP contribution in [0.25, 0.3) is 16.5 Å². The van der Waals surface area contributed by atoms with Crippen LogP contribution in [0.3, 0.4) is 0 Å². The summed E-state index contributed by atoms with van der Waals surface area (Å²) in [5, 5.41) is 4.77. The van der Waals surface area contributed by atoms with Gasteiger partial charge in [-0.15, -0.1) is 6.54 Å². The first-order chi connectivity index (χ1) is 9.77. The number of hydrogen-bond donors (Lipinski definition) is 2. The van der Waals surface area contributed by atoms with Crippen molar-refractivity contribution in [1.29, 1.82) is 0 Å². The molecule has 0 fully saturated rings. The molecule has 0 amide bonds. The van der Waals surface area contributed by atoms with Crippen molar-refractivity contribution >= 4 is 33.9 Å². The molecular formula is C16H29BeN4S-. The maximum atomic E-state index is 4.34. The summed E-state index contributed by atoms with van der Waals surface area (Å²) < 4.78 is 0. The Balaban J connectivity index is -0.000000273. The third kappa shape index (κ3) is 11.7. The molecule has 2 heterocycles. The zero-order valence-electron chi connectivity index (χ0n) is 14.6. The van der Waals surface area contributed by atoms with Crippen molar-refractivity contribution in [3.05, 3.63) is 37.4 Å². The molecule has 2 aromatic rings. The quantitative estimate of drug-likeness (QED) is 0.373. The van der Waals surface area contributed by atoms with Crippen LogP contribution in [0.2, 0.25) is 0 Å². The van der Waals surface area contributed by atoms with Gasteiger partial charge in [0.15, 0.2) is 0 Å². The van der Waals surface area contributed by atoms with E-state index in [-0.39, 0.29) is 17.5 Å². The molecule has 1 unspecified atom stereocenters. The number of fused-ring (bicyclic) bond motifs is 1. The molecule has 0 radical (unpaired) electrons. The van der Waals surface area contributed by atoms with Gasteiger partial charge >= 0.3 is 10.1 Å². The monoisotopic (exact) mass is 318 g/mol. The summed E-state index contributed by atoms with van der Waals surface area (Å²) in [6.07, 6.45) is 6.60. The van der Waals surface area contributed by atoms with Crippen LogP contribution in [-0.4, -0.2) is 43.4 Å². The van der Waals surface area contributed by atoms with Crippen molar-refractivity contribution in [3.8, 4) is 0 Å². The second-order valence-electron chi connectivity index (χ2n) is 3.83. The molecule has 122 valence electrons. The number of aromatic amines is 1. The van der Waals surface area contributed by atoms with Gasteiger partial charge in [-0.3, -0.25) is 0 Å². The van der Waals surface area contributed by atoms with Crippen molar-refractivity contribution < 1.29 is 0 Å². The van der Waals surface area contributed by atoms with Crippen molar-refractivity contribution in [2.75, 3.05) is 13.1 Å². The molecule has 0 aliphatic carbocycles. The summed E-state index contributed by atoms with van der Waals surface area (Å²) in [7, 11) is 0. The zero-order valence-corrected chi connectivity index (χ0v) is 15.5. The number of nitrogens with one attached hydrogen (secondary N) is 1. The van der Waals surface area contributed by atoms with Crippen molar-refractivity contribution in [1.82, 2.24) is 15.0 Å². The average Bonchev–Trinajstić information content (AvgIpc) is 2.98. The summed E-state index contributed by atoms with van der Waals surface area (Å²) in [6, 6.07) is 3.73. The Labute approximate surface area is 145 Å². The minimum atomic E-state index is 0. The number of pyridine rings is 1. The number of H-pyrrole nitrogens is 1. The first kappa shape index (κ1) is 26.0. The van der Waals surface area contributed by atoms with Gasteiger partial charge in [0, 0.05) is 11.8 Å². The SMILES string of the molecule is CC.CC[N-]CCC(S)CC.[Be+2].[CH3-].[c-]1nc2cccnc2[nH]1. The van der Waals surface area contributed by atoms with E-state index in [1.807, 2.05) is 26.0 Å². The number of imidazole rings is 1. The van der Waals surface area contributed by atoms with Gasteiger partial charge in [-0.25, -0.2) is 0 Å². The van der Waals surface area contributed by atoms with Crippen LogP contribution in [0, 0.1) is 13.8 Å². The number of thiol groups is 1. The summed E-state index contributed by atoms with van der Waals surface area (Å²) in [5.74, 6) is 0. The van der Waals surface area contributed by atoms with Crippen LogP contribution in [0.15, 0.2) is 18.3 Å². The number of nitrogens with zero attached hydrogens (tertiary/aromatic N) is 3. The van der Waals surface area contributed by atoms with Crippen LogP contribution >= 0.6 is 12.6 Å². The van der Waals surface area contributed by atoms with Crippen molar-refractivity contribution in [2.24, 2.45) is 0 Å². The molecule has 4 nitrogen and oxygen atoms in total. The smallest absolute Gasteiger partial charge is 0.662 e. The maximum absolute atomic E-state index is 4.34. The van der Waals surface area contributed by atoms with Crippen molar-refractivity contribution in [2.45, 2.75) is 45.8 Å². The summed E-state index contributed by atoms with van der Waals surface area (Å²) >= 11 is 4.34. The van der Waals surface area contributed by atoms with E-state index < -0.39 is 0 Å². The Bertz CT molecular complexity index is 407. The van der Waals surface area contributed by atoms with E-state index in [1.54, 1.807) is 6.20 Å². The Morgan fingerprint density at radius 2 is 2.05 bits per heavy atom. The molecule has 2 rings (SSSR count). The Morgan fingerprint density at radius 1 is 1.36 bits per heavy atom. The molecule has 22 heavy (non-hydrogen) atoms. The Morgan fingerprint density at radius 3 is 2.59 bits per heavy atom. The first-order valence-electron chi connectivity index (χ1n) is 7.26. The molecule has 1 N–H and O–H groups in total. The number of aromatic nitrogens is 3.